The van der Waals surface area contributed by atoms with Gasteiger partial charge in [0.25, 0.3) is 0 Å². The average molecular weight is 268 g/mol. The van der Waals surface area contributed by atoms with Gasteiger partial charge >= 0.3 is 0 Å². The van der Waals surface area contributed by atoms with Crippen LogP contribution in [-0.4, -0.2) is 11.5 Å². The zero-order valence-electron chi connectivity index (χ0n) is 12.0. The summed E-state index contributed by atoms with van der Waals surface area (Å²) in [6.45, 7) is 5.82. The second-order valence-electron chi connectivity index (χ2n) is 5.30. The van der Waals surface area contributed by atoms with Gasteiger partial charge in [-0.1, -0.05) is 12.1 Å². The Morgan fingerprint density at radius 3 is 2.85 bits per heavy atom. The van der Waals surface area contributed by atoms with Gasteiger partial charge in [-0.2, -0.15) is 0 Å². The van der Waals surface area contributed by atoms with Crippen LogP contribution in [0.1, 0.15) is 22.6 Å². The minimum Gasteiger partial charge on any atom is -0.465 e. The van der Waals surface area contributed by atoms with E-state index in [1.54, 1.807) is 0 Å². The zero-order valence-corrected chi connectivity index (χ0v) is 12.0. The molecule has 0 unspecified atom stereocenters. The molecular formula is C17H20N2O. The minimum atomic E-state index is 0.787. The first-order valence-corrected chi connectivity index (χ1v) is 7.05. The van der Waals surface area contributed by atoms with E-state index in [2.05, 4.69) is 41.6 Å². The Morgan fingerprint density at radius 1 is 1.15 bits per heavy atom. The molecule has 0 radical (unpaired) electrons. The summed E-state index contributed by atoms with van der Waals surface area (Å²) in [5, 5.41) is 4.75. The van der Waals surface area contributed by atoms with Crippen LogP contribution in [0.15, 0.2) is 40.9 Å². The summed E-state index contributed by atoms with van der Waals surface area (Å²) in [6, 6.07) is 10.6. The lowest BCUT2D eigenvalue weighted by atomic mass is 10.1. The highest BCUT2D eigenvalue weighted by Crippen LogP contribution is 2.19. The smallest absolute Gasteiger partial charge is 0.117 e. The molecule has 0 bridgehead atoms. The van der Waals surface area contributed by atoms with Gasteiger partial charge in [0.15, 0.2) is 0 Å². The van der Waals surface area contributed by atoms with Gasteiger partial charge in [0.2, 0.25) is 0 Å². The van der Waals surface area contributed by atoms with Crippen molar-refractivity contribution in [2.24, 2.45) is 0 Å². The number of H-pyrrole nitrogens is 1. The van der Waals surface area contributed by atoms with Gasteiger partial charge in [0, 0.05) is 17.1 Å². The van der Waals surface area contributed by atoms with Gasteiger partial charge in [0.1, 0.15) is 11.5 Å². The Labute approximate surface area is 119 Å². The topological polar surface area (TPSA) is 41.0 Å². The van der Waals surface area contributed by atoms with Crippen molar-refractivity contribution in [2.45, 2.75) is 26.8 Å². The predicted molar refractivity (Wildman–Crippen MR) is 81.9 cm³/mol. The van der Waals surface area contributed by atoms with Gasteiger partial charge in [0.05, 0.1) is 6.54 Å². The number of hydrogen-bond acceptors (Lipinski definition) is 2. The molecule has 0 spiro atoms. The predicted octanol–water partition coefficient (Wildman–Crippen LogP) is 3.71. The number of aryl methyl sites for hydroxylation is 2. The van der Waals surface area contributed by atoms with E-state index in [9.17, 15) is 0 Å². The lowest BCUT2D eigenvalue weighted by Gasteiger charge is -2.02. The number of aromatic amines is 1. The molecule has 1 aromatic carbocycles. The van der Waals surface area contributed by atoms with Crippen LogP contribution in [0, 0.1) is 13.8 Å². The lowest BCUT2D eigenvalue weighted by molar-refractivity contribution is 0.463. The Hall–Kier alpha value is -2.00. The third-order valence-electron chi connectivity index (χ3n) is 3.59. The first-order valence-electron chi connectivity index (χ1n) is 7.05. The molecule has 2 N–H and O–H groups in total. The van der Waals surface area contributed by atoms with E-state index in [1.807, 2.05) is 19.1 Å². The van der Waals surface area contributed by atoms with Crippen molar-refractivity contribution in [3.05, 3.63) is 59.2 Å². The van der Waals surface area contributed by atoms with Gasteiger partial charge < -0.3 is 14.7 Å². The van der Waals surface area contributed by atoms with Crippen molar-refractivity contribution in [3.63, 3.8) is 0 Å². The zero-order chi connectivity index (χ0) is 13.9. The van der Waals surface area contributed by atoms with Crippen LogP contribution in [0.3, 0.4) is 0 Å². The number of aromatic nitrogens is 1. The fourth-order valence-electron chi connectivity index (χ4n) is 2.52. The molecular weight excluding hydrogens is 248 g/mol. The van der Waals surface area contributed by atoms with E-state index < -0.39 is 0 Å². The number of furan rings is 1. The highest BCUT2D eigenvalue weighted by Gasteiger charge is 2.04. The maximum atomic E-state index is 5.54. The third kappa shape index (κ3) is 2.78. The second-order valence-corrected chi connectivity index (χ2v) is 5.30. The van der Waals surface area contributed by atoms with E-state index in [0.29, 0.717) is 0 Å². The number of rotatable bonds is 5. The molecule has 2 heterocycles. The van der Waals surface area contributed by atoms with E-state index in [1.165, 1.54) is 22.0 Å². The van der Waals surface area contributed by atoms with Crippen LogP contribution >= 0.6 is 0 Å². The fourth-order valence-corrected chi connectivity index (χ4v) is 2.52. The molecule has 0 saturated carbocycles. The van der Waals surface area contributed by atoms with E-state index >= 15 is 0 Å². The summed E-state index contributed by atoms with van der Waals surface area (Å²) in [7, 11) is 0. The number of nitrogens with one attached hydrogen (secondary N) is 2. The molecule has 0 aliphatic heterocycles. The summed E-state index contributed by atoms with van der Waals surface area (Å²) >= 11 is 0. The highest BCUT2D eigenvalue weighted by molar-refractivity contribution is 5.83. The first kappa shape index (κ1) is 13.0. The van der Waals surface area contributed by atoms with Crippen molar-refractivity contribution < 1.29 is 4.42 Å². The fraction of sp³-hybridized carbons (Fsp3) is 0.294. The second kappa shape index (κ2) is 5.55. The van der Waals surface area contributed by atoms with Crippen LogP contribution in [0.5, 0.6) is 0 Å². The molecule has 2 aromatic heterocycles. The summed E-state index contributed by atoms with van der Waals surface area (Å²) < 4.78 is 5.54. The van der Waals surface area contributed by atoms with Crippen LogP contribution in [0.25, 0.3) is 10.9 Å². The molecule has 0 atom stereocenters. The van der Waals surface area contributed by atoms with Crippen LogP contribution in [0.4, 0.5) is 0 Å². The van der Waals surface area contributed by atoms with Crippen LogP contribution < -0.4 is 5.32 Å². The average Bonchev–Trinajstić information content (AvgIpc) is 3.01. The molecule has 3 heteroatoms. The van der Waals surface area contributed by atoms with E-state index in [0.717, 1.165) is 31.0 Å². The Morgan fingerprint density at radius 2 is 2.05 bits per heavy atom. The Kier molecular flexibility index (Phi) is 3.61. The van der Waals surface area contributed by atoms with Gasteiger partial charge in [-0.05, 0) is 56.1 Å². The molecule has 104 valence electrons. The van der Waals surface area contributed by atoms with Gasteiger partial charge in [-0.15, -0.1) is 0 Å². The Balaban J connectivity index is 1.57. The summed E-state index contributed by atoms with van der Waals surface area (Å²) in [5.74, 6) is 1.96. The molecule has 20 heavy (non-hydrogen) atoms. The lowest BCUT2D eigenvalue weighted by Crippen LogP contribution is -2.16. The summed E-state index contributed by atoms with van der Waals surface area (Å²) in [5.41, 5.74) is 3.88. The monoisotopic (exact) mass is 268 g/mol. The largest absolute Gasteiger partial charge is 0.465 e. The van der Waals surface area contributed by atoms with E-state index in [-0.39, 0.29) is 0 Å². The number of benzene rings is 1. The number of hydrogen-bond donors (Lipinski definition) is 2. The molecule has 3 aromatic rings. The van der Waals surface area contributed by atoms with Gasteiger partial charge in [-0.3, -0.25) is 0 Å². The highest BCUT2D eigenvalue weighted by atomic mass is 16.3. The molecule has 3 nitrogen and oxygen atoms in total. The SMILES string of the molecule is Cc1ccc2c(CCNCc3ccc(C)o3)c[nH]c2c1. The normalized spacial score (nSPS) is 11.3. The first-order chi connectivity index (χ1) is 9.72. The maximum absolute atomic E-state index is 5.54. The van der Waals surface area contributed by atoms with Crippen molar-refractivity contribution >= 4 is 10.9 Å². The minimum absolute atomic E-state index is 0.787. The molecule has 0 saturated heterocycles. The molecule has 0 aliphatic carbocycles. The molecule has 0 amide bonds. The molecule has 0 fully saturated rings. The Bertz CT molecular complexity index is 709. The standard InChI is InChI=1S/C17H20N2O/c1-12-3-6-16-14(10-19-17(16)9-12)7-8-18-11-15-5-4-13(2)20-15/h3-6,9-10,18-19H,7-8,11H2,1-2H3. The van der Waals surface area contributed by atoms with Crippen LogP contribution in [-0.2, 0) is 13.0 Å². The van der Waals surface area contributed by atoms with Crippen molar-refractivity contribution in [3.8, 4) is 0 Å². The van der Waals surface area contributed by atoms with Crippen LogP contribution in [0.2, 0.25) is 0 Å². The molecule has 3 rings (SSSR count). The van der Waals surface area contributed by atoms with Gasteiger partial charge in [-0.25, -0.2) is 0 Å². The molecule has 0 aliphatic rings. The van der Waals surface area contributed by atoms with Crippen molar-refractivity contribution in [2.75, 3.05) is 6.54 Å². The maximum Gasteiger partial charge on any atom is 0.117 e. The van der Waals surface area contributed by atoms with Crippen molar-refractivity contribution in [1.82, 2.24) is 10.3 Å². The summed E-state index contributed by atoms with van der Waals surface area (Å²) in [6.07, 6.45) is 3.13. The van der Waals surface area contributed by atoms with Crippen molar-refractivity contribution in [1.29, 1.82) is 0 Å². The third-order valence-corrected chi connectivity index (χ3v) is 3.59. The number of fused-ring (bicyclic) bond motifs is 1. The van der Waals surface area contributed by atoms with E-state index in [4.69, 9.17) is 4.42 Å². The quantitative estimate of drug-likeness (QED) is 0.693. The summed E-state index contributed by atoms with van der Waals surface area (Å²) in [4.78, 5) is 3.34.